The van der Waals surface area contributed by atoms with Crippen molar-refractivity contribution in [1.82, 2.24) is 0 Å². The first-order valence-corrected chi connectivity index (χ1v) is 6.71. The Morgan fingerprint density at radius 2 is 1.90 bits per heavy atom. The lowest BCUT2D eigenvalue weighted by Crippen LogP contribution is -2.47. The van der Waals surface area contributed by atoms with E-state index in [-0.39, 0.29) is 37.9 Å². The van der Waals surface area contributed by atoms with Crippen molar-refractivity contribution < 1.29 is 23.0 Å². The molecule has 1 heterocycles. The Morgan fingerprint density at radius 1 is 1.20 bits per heavy atom. The Kier molecular flexibility index (Phi) is 2.96. The van der Waals surface area contributed by atoms with Gasteiger partial charge in [0.15, 0.2) is 5.78 Å². The van der Waals surface area contributed by atoms with Crippen LogP contribution in [0.25, 0.3) is 0 Å². The highest BCUT2D eigenvalue weighted by atomic mass is 19.3. The summed E-state index contributed by atoms with van der Waals surface area (Å²) < 4.78 is 37.6. The van der Waals surface area contributed by atoms with E-state index in [9.17, 15) is 13.6 Å². The van der Waals surface area contributed by atoms with Crippen LogP contribution >= 0.6 is 0 Å². The number of hydrogen-bond acceptors (Lipinski definition) is 3. The number of benzene rings is 1. The number of fused-ring (bicyclic) bond motifs is 1. The minimum atomic E-state index is -2.63. The summed E-state index contributed by atoms with van der Waals surface area (Å²) in [4.78, 5) is 12.2. The minimum Gasteiger partial charge on any atom is -0.497 e. The summed E-state index contributed by atoms with van der Waals surface area (Å²) in [5.41, 5.74) is -0.258. The van der Waals surface area contributed by atoms with Crippen LogP contribution in [0.3, 0.4) is 0 Å². The van der Waals surface area contributed by atoms with E-state index < -0.39 is 11.5 Å². The lowest BCUT2D eigenvalue weighted by molar-refractivity contribution is -0.0946. The van der Waals surface area contributed by atoms with Crippen LogP contribution in [0.2, 0.25) is 0 Å². The molecule has 0 N–H and O–H groups in total. The van der Waals surface area contributed by atoms with Gasteiger partial charge in [-0.2, -0.15) is 0 Å². The zero-order valence-electron chi connectivity index (χ0n) is 11.2. The van der Waals surface area contributed by atoms with Gasteiger partial charge in [0.25, 0.3) is 0 Å². The fourth-order valence-corrected chi connectivity index (χ4v) is 2.95. The second kappa shape index (κ2) is 4.43. The van der Waals surface area contributed by atoms with E-state index in [1.54, 1.807) is 18.2 Å². The lowest BCUT2D eigenvalue weighted by atomic mass is 9.77. The summed E-state index contributed by atoms with van der Waals surface area (Å²) >= 11 is 0. The van der Waals surface area contributed by atoms with Crippen LogP contribution in [-0.4, -0.2) is 24.4 Å². The van der Waals surface area contributed by atoms with Gasteiger partial charge in [-0.1, -0.05) is 0 Å². The Bertz CT molecular complexity index is 544. The van der Waals surface area contributed by atoms with Gasteiger partial charge in [-0.15, -0.1) is 0 Å². The predicted octanol–water partition coefficient (Wildman–Crippen LogP) is 3.61. The van der Waals surface area contributed by atoms with Crippen molar-refractivity contribution in [3.05, 3.63) is 23.8 Å². The average molecular weight is 282 g/mol. The zero-order valence-corrected chi connectivity index (χ0v) is 11.2. The Balaban J connectivity index is 1.90. The molecule has 0 aromatic heterocycles. The lowest BCUT2D eigenvalue weighted by Gasteiger charge is -2.42. The molecule has 3 nitrogen and oxygen atoms in total. The largest absolute Gasteiger partial charge is 0.497 e. The minimum absolute atomic E-state index is 0.0425. The molecule has 108 valence electrons. The van der Waals surface area contributed by atoms with Crippen LogP contribution in [0.15, 0.2) is 18.2 Å². The van der Waals surface area contributed by atoms with Crippen molar-refractivity contribution in [1.29, 1.82) is 0 Å². The number of ether oxygens (including phenoxy) is 2. The van der Waals surface area contributed by atoms with Crippen molar-refractivity contribution in [3.63, 3.8) is 0 Å². The first-order chi connectivity index (χ1) is 9.43. The van der Waals surface area contributed by atoms with Crippen molar-refractivity contribution in [2.45, 2.75) is 43.6 Å². The quantitative estimate of drug-likeness (QED) is 0.789. The van der Waals surface area contributed by atoms with Gasteiger partial charge in [0.1, 0.15) is 17.1 Å². The second-order valence-electron chi connectivity index (χ2n) is 5.60. The summed E-state index contributed by atoms with van der Waals surface area (Å²) in [6.07, 6.45) is 0.159. The first-order valence-electron chi connectivity index (χ1n) is 6.71. The molecule has 1 saturated carbocycles. The topological polar surface area (TPSA) is 35.5 Å². The predicted molar refractivity (Wildman–Crippen MR) is 68.7 cm³/mol. The number of carbonyl (C=O) groups excluding carboxylic acids is 1. The van der Waals surface area contributed by atoms with E-state index in [1.165, 1.54) is 7.11 Å². The molecule has 1 aromatic carbocycles. The smallest absolute Gasteiger partial charge is 0.248 e. The number of Topliss-reactive ketones (excluding diaryl/α,β-unsaturated/α-hetero) is 1. The molecule has 0 amide bonds. The maximum Gasteiger partial charge on any atom is 0.248 e. The van der Waals surface area contributed by atoms with E-state index in [0.717, 1.165) is 0 Å². The van der Waals surface area contributed by atoms with Crippen LogP contribution in [0.5, 0.6) is 11.5 Å². The fraction of sp³-hybridized carbons (Fsp3) is 0.533. The molecule has 1 aliphatic heterocycles. The van der Waals surface area contributed by atoms with Gasteiger partial charge in [0.2, 0.25) is 5.92 Å². The van der Waals surface area contributed by atoms with Gasteiger partial charge < -0.3 is 9.47 Å². The molecular formula is C15H16F2O3. The number of hydrogen-bond donors (Lipinski definition) is 0. The van der Waals surface area contributed by atoms with Gasteiger partial charge in [-0.25, -0.2) is 8.78 Å². The Labute approximate surface area is 115 Å². The molecule has 0 saturated heterocycles. The van der Waals surface area contributed by atoms with E-state index in [2.05, 4.69) is 0 Å². The monoisotopic (exact) mass is 282 g/mol. The molecule has 20 heavy (non-hydrogen) atoms. The van der Waals surface area contributed by atoms with Crippen LogP contribution < -0.4 is 9.47 Å². The first kappa shape index (κ1) is 13.3. The van der Waals surface area contributed by atoms with Gasteiger partial charge in [-0.3, -0.25) is 4.79 Å². The van der Waals surface area contributed by atoms with Gasteiger partial charge in [0.05, 0.1) is 19.1 Å². The van der Waals surface area contributed by atoms with Crippen LogP contribution in [0.4, 0.5) is 8.78 Å². The van der Waals surface area contributed by atoms with Crippen LogP contribution in [0, 0.1) is 0 Å². The third-order valence-corrected chi connectivity index (χ3v) is 4.19. The van der Waals surface area contributed by atoms with Gasteiger partial charge in [-0.05, 0) is 25.0 Å². The van der Waals surface area contributed by atoms with Gasteiger partial charge >= 0.3 is 0 Å². The SMILES string of the molecule is COc1ccc2c(c1)OC1(CCC(F)(F)CC1)CC2=O. The van der Waals surface area contributed by atoms with Crippen molar-refractivity contribution in [3.8, 4) is 11.5 Å². The molecular weight excluding hydrogens is 266 g/mol. The van der Waals surface area contributed by atoms with Crippen molar-refractivity contribution in [2.24, 2.45) is 0 Å². The standard InChI is InChI=1S/C15H16F2O3/c1-19-10-2-3-11-12(18)9-14(20-13(11)8-10)4-6-15(16,17)7-5-14/h2-3,8H,4-7,9H2,1H3. The molecule has 0 unspecified atom stereocenters. The number of ketones is 1. The molecule has 0 atom stereocenters. The van der Waals surface area contributed by atoms with Crippen molar-refractivity contribution >= 4 is 5.78 Å². The molecule has 1 spiro atoms. The molecule has 2 aliphatic rings. The summed E-state index contributed by atoms with van der Waals surface area (Å²) in [5.74, 6) is -1.63. The third kappa shape index (κ3) is 2.25. The summed E-state index contributed by atoms with van der Waals surface area (Å²) in [6.45, 7) is 0. The number of rotatable bonds is 1. The highest BCUT2D eigenvalue weighted by Crippen LogP contribution is 2.46. The maximum atomic E-state index is 13.3. The number of alkyl halides is 2. The molecule has 3 rings (SSSR count). The van der Waals surface area contributed by atoms with E-state index >= 15 is 0 Å². The Morgan fingerprint density at radius 3 is 2.55 bits per heavy atom. The highest BCUT2D eigenvalue weighted by Gasteiger charge is 2.48. The molecule has 1 fully saturated rings. The molecule has 1 aliphatic carbocycles. The molecule has 5 heteroatoms. The average Bonchev–Trinajstić information content (AvgIpc) is 2.42. The summed E-state index contributed by atoms with van der Waals surface area (Å²) in [7, 11) is 1.53. The molecule has 0 bridgehead atoms. The van der Waals surface area contributed by atoms with E-state index in [0.29, 0.717) is 17.1 Å². The maximum absolute atomic E-state index is 13.3. The van der Waals surface area contributed by atoms with Crippen LogP contribution in [-0.2, 0) is 0 Å². The highest BCUT2D eigenvalue weighted by molar-refractivity contribution is 6.00. The van der Waals surface area contributed by atoms with Crippen molar-refractivity contribution in [2.75, 3.05) is 7.11 Å². The van der Waals surface area contributed by atoms with E-state index in [4.69, 9.17) is 9.47 Å². The Hall–Kier alpha value is -1.65. The normalized spacial score (nSPS) is 23.1. The van der Waals surface area contributed by atoms with Crippen LogP contribution in [0.1, 0.15) is 42.5 Å². The number of methoxy groups -OCH3 is 1. The summed E-state index contributed by atoms with van der Waals surface area (Å²) in [6, 6.07) is 5.02. The van der Waals surface area contributed by atoms with Gasteiger partial charge in [0, 0.05) is 18.9 Å². The third-order valence-electron chi connectivity index (χ3n) is 4.19. The van der Waals surface area contributed by atoms with E-state index in [1.807, 2.05) is 0 Å². The number of carbonyl (C=O) groups is 1. The molecule has 1 aromatic rings. The fourth-order valence-electron chi connectivity index (χ4n) is 2.95. The number of halogens is 2. The zero-order chi connectivity index (χ0) is 14.4. The second-order valence-corrected chi connectivity index (χ2v) is 5.60. The molecule has 0 radical (unpaired) electrons. The summed E-state index contributed by atoms with van der Waals surface area (Å²) in [5, 5.41) is 0.